The lowest BCUT2D eigenvalue weighted by Crippen LogP contribution is -2.20. The number of carbonyl (C=O) groups excluding carboxylic acids is 1. The third-order valence-corrected chi connectivity index (χ3v) is 3.22. The molecule has 0 saturated heterocycles. The van der Waals surface area contributed by atoms with E-state index in [-0.39, 0.29) is 5.91 Å². The third kappa shape index (κ3) is 4.88. The van der Waals surface area contributed by atoms with Crippen molar-refractivity contribution in [2.75, 3.05) is 0 Å². The van der Waals surface area contributed by atoms with Crippen LogP contribution in [0.5, 0.6) is 0 Å². The summed E-state index contributed by atoms with van der Waals surface area (Å²) >= 11 is 0. The van der Waals surface area contributed by atoms with Crippen LogP contribution >= 0.6 is 0 Å². The second-order valence-corrected chi connectivity index (χ2v) is 5.23. The SMILES string of the molecule is CC(C)c1ccc(C=CC(=O)NCc2cccnc2)cc1. The second-order valence-electron chi connectivity index (χ2n) is 5.23. The first-order valence-electron chi connectivity index (χ1n) is 7.10. The lowest BCUT2D eigenvalue weighted by atomic mass is 10.0. The largest absolute Gasteiger partial charge is 0.348 e. The number of benzene rings is 1. The minimum Gasteiger partial charge on any atom is -0.348 e. The summed E-state index contributed by atoms with van der Waals surface area (Å²) in [6, 6.07) is 12.0. The van der Waals surface area contributed by atoms with Crippen molar-refractivity contribution in [1.82, 2.24) is 10.3 Å². The van der Waals surface area contributed by atoms with Gasteiger partial charge in [0, 0.05) is 25.0 Å². The lowest BCUT2D eigenvalue weighted by Gasteiger charge is -2.04. The number of hydrogen-bond donors (Lipinski definition) is 1. The summed E-state index contributed by atoms with van der Waals surface area (Å²) in [5.74, 6) is 0.414. The summed E-state index contributed by atoms with van der Waals surface area (Å²) in [6.07, 6.45) is 6.84. The van der Waals surface area contributed by atoms with E-state index >= 15 is 0 Å². The maximum atomic E-state index is 11.7. The van der Waals surface area contributed by atoms with Gasteiger partial charge in [-0.15, -0.1) is 0 Å². The van der Waals surface area contributed by atoms with E-state index in [1.54, 1.807) is 18.5 Å². The van der Waals surface area contributed by atoms with Gasteiger partial charge in [0.2, 0.25) is 5.91 Å². The van der Waals surface area contributed by atoms with E-state index in [0.29, 0.717) is 12.5 Å². The number of pyridine rings is 1. The molecule has 3 heteroatoms. The molecule has 0 aliphatic rings. The maximum absolute atomic E-state index is 11.7. The van der Waals surface area contributed by atoms with Crippen LogP contribution in [0.15, 0.2) is 54.9 Å². The fraction of sp³-hybridized carbons (Fsp3) is 0.222. The van der Waals surface area contributed by atoms with E-state index < -0.39 is 0 Å². The van der Waals surface area contributed by atoms with Crippen LogP contribution in [0, 0.1) is 0 Å². The first-order chi connectivity index (χ1) is 10.1. The minimum atomic E-state index is -0.105. The zero-order valence-electron chi connectivity index (χ0n) is 12.4. The lowest BCUT2D eigenvalue weighted by molar-refractivity contribution is -0.116. The molecule has 0 aliphatic heterocycles. The van der Waals surface area contributed by atoms with E-state index in [0.717, 1.165) is 11.1 Å². The Labute approximate surface area is 125 Å². The number of amides is 1. The van der Waals surface area contributed by atoms with Crippen LogP contribution in [0.1, 0.15) is 36.5 Å². The van der Waals surface area contributed by atoms with Crippen molar-refractivity contribution >= 4 is 12.0 Å². The molecule has 0 bridgehead atoms. The van der Waals surface area contributed by atoms with Crippen LogP contribution in [0.2, 0.25) is 0 Å². The molecular weight excluding hydrogens is 260 g/mol. The number of nitrogens with one attached hydrogen (secondary N) is 1. The molecule has 1 aromatic heterocycles. The molecule has 21 heavy (non-hydrogen) atoms. The Balaban J connectivity index is 1.87. The monoisotopic (exact) mass is 280 g/mol. The fourth-order valence-corrected chi connectivity index (χ4v) is 1.91. The number of aromatic nitrogens is 1. The summed E-state index contributed by atoms with van der Waals surface area (Å²) in [5, 5.41) is 2.83. The van der Waals surface area contributed by atoms with Gasteiger partial charge in [-0.1, -0.05) is 44.2 Å². The summed E-state index contributed by atoms with van der Waals surface area (Å²) in [7, 11) is 0. The number of rotatable bonds is 5. The van der Waals surface area contributed by atoms with Gasteiger partial charge in [0.25, 0.3) is 0 Å². The topological polar surface area (TPSA) is 42.0 Å². The fourth-order valence-electron chi connectivity index (χ4n) is 1.91. The van der Waals surface area contributed by atoms with Gasteiger partial charge in [0.15, 0.2) is 0 Å². The van der Waals surface area contributed by atoms with Crippen LogP contribution in [-0.2, 0) is 11.3 Å². The first kappa shape index (κ1) is 15.0. The molecular formula is C18H20N2O. The molecule has 0 radical (unpaired) electrons. The zero-order chi connectivity index (χ0) is 15.1. The summed E-state index contributed by atoms with van der Waals surface area (Å²) in [5.41, 5.74) is 3.31. The Kier molecular flexibility index (Phi) is 5.27. The summed E-state index contributed by atoms with van der Waals surface area (Å²) in [6.45, 7) is 4.82. The zero-order valence-corrected chi connectivity index (χ0v) is 12.4. The molecule has 2 aromatic rings. The van der Waals surface area contributed by atoms with Crippen molar-refractivity contribution in [2.24, 2.45) is 0 Å². The highest BCUT2D eigenvalue weighted by Gasteiger charge is 1.99. The Morgan fingerprint density at radius 3 is 2.62 bits per heavy atom. The van der Waals surface area contributed by atoms with E-state index in [1.807, 2.05) is 30.3 Å². The normalized spacial score (nSPS) is 11.0. The highest BCUT2D eigenvalue weighted by Crippen LogP contribution is 2.15. The molecule has 2 rings (SSSR count). The van der Waals surface area contributed by atoms with Gasteiger partial charge in [0.1, 0.15) is 0 Å². The van der Waals surface area contributed by atoms with Gasteiger partial charge in [-0.05, 0) is 34.8 Å². The number of hydrogen-bond acceptors (Lipinski definition) is 2. The first-order valence-corrected chi connectivity index (χ1v) is 7.10. The Bertz CT molecular complexity index is 601. The van der Waals surface area contributed by atoms with Crippen LogP contribution in [-0.4, -0.2) is 10.9 Å². The molecule has 1 amide bonds. The highest BCUT2D eigenvalue weighted by atomic mass is 16.1. The molecule has 1 heterocycles. The highest BCUT2D eigenvalue weighted by molar-refractivity contribution is 5.91. The molecule has 108 valence electrons. The van der Waals surface area contributed by atoms with E-state index in [9.17, 15) is 4.79 Å². The summed E-state index contributed by atoms with van der Waals surface area (Å²) < 4.78 is 0. The molecule has 0 saturated carbocycles. The predicted molar refractivity (Wildman–Crippen MR) is 85.6 cm³/mol. The van der Waals surface area contributed by atoms with Crippen molar-refractivity contribution in [3.63, 3.8) is 0 Å². The van der Waals surface area contributed by atoms with Gasteiger partial charge in [-0.2, -0.15) is 0 Å². The smallest absolute Gasteiger partial charge is 0.244 e. The molecule has 0 fully saturated rings. The average Bonchev–Trinajstić information content (AvgIpc) is 2.52. The third-order valence-electron chi connectivity index (χ3n) is 3.22. The van der Waals surface area contributed by atoms with Crippen LogP contribution in [0.25, 0.3) is 6.08 Å². The van der Waals surface area contributed by atoms with Crippen LogP contribution < -0.4 is 5.32 Å². The molecule has 0 atom stereocenters. The molecule has 3 nitrogen and oxygen atoms in total. The summed E-state index contributed by atoms with van der Waals surface area (Å²) in [4.78, 5) is 15.8. The predicted octanol–water partition coefficient (Wildman–Crippen LogP) is 3.53. The van der Waals surface area contributed by atoms with Gasteiger partial charge in [-0.3, -0.25) is 9.78 Å². The molecule has 1 N–H and O–H groups in total. The van der Waals surface area contributed by atoms with Crippen LogP contribution in [0.4, 0.5) is 0 Å². The van der Waals surface area contributed by atoms with Crippen molar-refractivity contribution < 1.29 is 4.79 Å². The van der Waals surface area contributed by atoms with Crippen LogP contribution in [0.3, 0.4) is 0 Å². The molecule has 0 aliphatic carbocycles. The Hall–Kier alpha value is -2.42. The Morgan fingerprint density at radius 1 is 1.24 bits per heavy atom. The van der Waals surface area contributed by atoms with Crippen molar-refractivity contribution in [3.8, 4) is 0 Å². The van der Waals surface area contributed by atoms with E-state index in [1.165, 1.54) is 5.56 Å². The second kappa shape index (κ2) is 7.39. The van der Waals surface area contributed by atoms with Gasteiger partial charge < -0.3 is 5.32 Å². The Morgan fingerprint density at radius 2 is 2.00 bits per heavy atom. The van der Waals surface area contributed by atoms with Gasteiger partial charge in [-0.25, -0.2) is 0 Å². The van der Waals surface area contributed by atoms with E-state index in [2.05, 4.69) is 36.3 Å². The standard InChI is InChI=1S/C18H20N2O/c1-14(2)17-8-5-15(6-9-17)7-10-18(21)20-13-16-4-3-11-19-12-16/h3-12,14H,13H2,1-2H3,(H,20,21). The quantitative estimate of drug-likeness (QED) is 0.851. The van der Waals surface area contributed by atoms with E-state index in [4.69, 9.17) is 0 Å². The van der Waals surface area contributed by atoms with Crippen molar-refractivity contribution in [3.05, 3.63) is 71.6 Å². The molecule has 0 unspecified atom stereocenters. The van der Waals surface area contributed by atoms with Crippen molar-refractivity contribution in [2.45, 2.75) is 26.3 Å². The minimum absolute atomic E-state index is 0.105. The van der Waals surface area contributed by atoms with Gasteiger partial charge in [0.05, 0.1) is 0 Å². The number of carbonyl (C=O) groups is 1. The molecule has 1 aromatic carbocycles. The number of nitrogens with zero attached hydrogens (tertiary/aromatic N) is 1. The molecule has 0 spiro atoms. The van der Waals surface area contributed by atoms with Crippen molar-refractivity contribution in [1.29, 1.82) is 0 Å². The van der Waals surface area contributed by atoms with Gasteiger partial charge >= 0.3 is 0 Å². The maximum Gasteiger partial charge on any atom is 0.244 e. The average molecular weight is 280 g/mol.